The second-order valence-corrected chi connectivity index (χ2v) is 6.46. The van der Waals surface area contributed by atoms with E-state index in [1.165, 1.54) is 13.2 Å². The van der Waals surface area contributed by atoms with Gasteiger partial charge in [0.05, 0.1) is 7.11 Å². The van der Waals surface area contributed by atoms with E-state index in [-0.39, 0.29) is 24.3 Å². The first-order valence-corrected chi connectivity index (χ1v) is 8.43. The first kappa shape index (κ1) is 17.0. The zero-order valence-electron chi connectivity index (χ0n) is 14.1. The van der Waals surface area contributed by atoms with Gasteiger partial charge >= 0.3 is 0 Å². The van der Waals surface area contributed by atoms with Crippen LogP contribution in [0.3, 0.4) is 0 Å². The third-order valence-corrected chi connectivity index (χ3v) is 4.95. The Morgan fingerprint density at radius 3 is 2.96 bits per heavy atom. The Bertz CT molecular complexity index is 655. The van der Waals surface area contributed by atoms with E-state index in [9.17, 15) is 9.18 Å². The molecular formula is C19H23FO4. The Hall–Kier alpha value is -1.88. The van der Waals surface area contributed by atoms with E-state index < -0.39 is 5.60 Å². The molecule has 1 aromatic rings. The lowest BCUT2D eigenvalue weighted by atomic mass is 9.76. The molecular weight excluding hydrogens is 311 g/mol. The number of halogens is 1. The van der Waals surface area contributed by atoms with E-state index >= 15 is 0 Å². The fourth-order valence-corrected chi connectivity index (χ4v) is 3.57. The van der Waals surface area contributed by atoms with E-state index in [2.05, 4.69) is 6.92 Å². The predicted octanol–water partition coefficient (Wildman–Crippen LogP) is 3.78. The zero-order valence-corrected chi connectivity index (χ0v) is 14.1. The highest BCUT2D eigenvalue weighted by atomic mass is 19.1. The molecule has 1 aromatic carbocycles. The van der Waals surface area contributed by atoms with Crippen molar-refractivity contribution < 1.29 is 23.4 Å². The molecule has 0 amide bonds. The molecule has 0 saturated carbocycles. The monoisotopic (exact) mass is 334 g/mol. The number of carbonyl (C=O) groups excluding carboxylic acids is 1. The number of carbonyl (C=O) groups is 1. The van der Waals surface area contributed by atoms with Gasteiger partial charge in [-0.1, -0.05) is 19.4 Å². The fourth-order valence-electron chi connectivity index (χ4n) is 3.57. The molecule has 0 aromatic heterocycles. The van der Waals surface area contributed by atoms with Gasteiger partial charge in [0, 0.05) is 18.1 Å². The van der Waals surface area contributed by atoms with Crippen LogP contribution in [0.4, 0.5) is 4.39 Å². The quantitative estimate of drug-likeness (QED) is 0.794. The average Bonchev–Trinajstić information content (AvgIpc) is 2.97. The number of methoxy groups -OCH3 is 1. The van der Waals surface area contributed by atoms with Gasteiger partial charge in [-0.3, -0.25) is 4.79 Å². The summed E-state index contributed by atoms with van der Waals surface area (Å²) in [4.78, 5) is 12.2. The van der Waals surface area contributed by atoms with Crippen LogP contribution in [0.5, 0.6) is 5.75 Å². The number of aryl methyl sites for hydroxylation is 1. The third-order valence-electron chi connectivity index (χ3n) is 4.95. The number of allylic oxidation sites excluding steroid dienone is 1. The lowest BCUT2D eigenvalue weighted by Crippen LogP contribution is -2.39. The van der Waals surface area contributed by atoms with Crippen molar-refractivity contribution >= 4 is 5.78 Å². The predicted molar refractivity (Wildman–Crippen MR) is 87.1 cm³/mol. The van der Waals surface area contributed by atoms with Gasteiger partial charge in [0.25, 0.3) is 0 Å². The second kappa shape index (κ2) is 6.93. The first-order valence-electron chi connectivity index (χ1n) is 8.43. The van der Waals surface area contributed by atoms with Crippen LogP contribution in [0.15, 0.2) is 30.0 Å². The highest BCUT2D eigenvalue weighted by molar-refractivity contribution is 5.93. The maximum absolute atomic E-state index is 14.2. The summed E-state index contributed by atoms with van der Waals surface area (Å²) < 4.78 is 30.6. The topological polar surface area (TPSA) is 44.8 Å². The molecule has 3 rings (SSSR count). The van der Waals surface area contributed by atoms with Crippen molar-refractivity contribution in [2.75, 3.05) is 13.9 Å². The van der Waals surface area contributed by atoms with Crippen molar-refractivity contribution in [3.63, 3.8) is 0 Å². The van der Waals surface area contributed by atoms with Crippen molar-refractivity contribution in [1.29, 1.82) is 0 Å². The number of ketones is 1. The number of hydrogen-bond donors (Lipinski definition) is 0. The standard InChI is InChI=1S/C19H23FO4/c1-3-4-14-11-19(18(10-17(14)21)23-12-24-19)8-7-13-5-6-15(22-2)9-16(13)20/h5-6,9-10,14H,3-4,7-8,11-12H2,1-2H3/t14-,19-/m0/s1. The molecule has 0 radical (unpaired) electrons. The first-order chi connectivity index (χ1) is 11.6. The Labute approximate surface area is 141 Å². The SMILES string of the molecule is CCC[C@H]1C[C@]2(CCc3ccc(OC)cc3F)OCOC2=CC1=O. The highest BCUT2D eigenvalue weighted by Crippen LogP contribution is 2.43. The van der Waals surface area contributed by atoms with Crippen LogP contribution in [0.2, 0.25) is 0 Å². The third kappa shape index (κ3) is 3.18. The summed E-state index contributed by atoms with van der Waals surface area (Å²) in [7, 11) is 1.51. The molecule has 0 N–H and O–H groups in total. The summed E-state index contributed by atoms with van der Waals surface area (Å²) in [5.41, 5.74) is 0.0177. The molecule has 1 heterocycles. The van der Waals surface area contributed by atoms with E-state index in [1.807, 2.05) is 0 Å². The van der Waals surface area contributed by atoms with Gasteiger partial charge in [-0.05, 0) is 37.3 Å². The summed E-state index contributed by atoms with van der Waals surface area (Å²) in [6.45, 7) is 2.22. The van der Waals surface area contributed by atoms with Crippen LogP contribution < -0.4 is 4.74 Å². The number of rotatable bonds is 6. The molecule has 4 nitrogen and oxygen atoms in total. The molecule has 130 valence electrons. The van der Waals surface area contributed by atoms with Crippen molar-refractivity contribution in [1.82, 2.24) is 0 Å². The van der Waals surface area contributed by atoms with Crippen LogP contribution in [0.25, 0.3) is 0 Å². The maximum atomic E-state index is 14.2. The van der Waals surface area contributed by atoms with Crippen molar-refractivity contribution in [2.24, 2.45) is 5.92 Å². The van der Waals surface area contributed by atoms with Gasteiger partial charge in [0.15, 0.2) is 12.6 Å². The van der Waals surface area contributed by atoms with Gasteiger partial charge in [0.2, 0.25) is 0 Å². The van der Waals surface area contributed by atoms with Crippen LogP contribution in [0, 0.1) is 11.7 Å². The minimum atomic E-state index is -0.597. The lowest BCUT2D eigenvalue weighted by Gasteiger charge is -2.34. The molecule has 1 fully saturated rings. The zero-order chi connectivity index (χ0) is 17.2. The molecule has 1 saturated heterocycles. The summed E-state index contributed by atoms with van der Waals surface area (Å²) in [5.74, 6) is 0.896. The lowest BCUT2D eigenvalue weighted by molar-refractivity contribution is -0.122. The van der Waals surface area contributed by atoms with Gasteiger partial charge in [-0.15, -0.1) is 0 Å². The van der Waals surface area contributed by atoms with Crippen molar-refractivity contribution in [3.05, 3.63) is 41.4 Å². The van der Waals surface area contributed by atoms with E-state index in [0.29, 0.717) is 36.3 Å². The minimum absolute atomic E-state index is 0.0406. The largest absolute Gasteiger partial charge is 0.497 e. The summed E-state index contributed by atoms with van der Waals surface area (Å²) in [6.07, 6.45) is 5.10. The van der Waals surface area contributed by atoms with Gasteiger partial charge < -0.3 is 14.2 Å². The van der Waals surface area contributed by atoms with Gasteiger partial charge in [-0.2, -0.15) is 0 Å². The molecule has 24 heavy (non-hydrogen) atoms. The normalized spacial score (nSPS) is 25.9. The second-order valence-electron chi connectivity index (χ2n) is 6.46. The summed E-state index contributed by atoms with van der Waals surface area (Å²) in [5, 5.41) is 0. The average molecular weight is 334 g/mol. The molecule has 5 heteroatoms. The summed E-state index contributed by atoms with van der Waals surface area (Å²) in [6, 6.07) is 4.88. The molecule has 0 unspecified atom stereocenters. The van der Waals surface area contributed by atoms with Gasteiger partial charge in [0.1, 0.15) is 22.9 Å². The molecule has 1 aliphatic heterocycles. The Kier molecular flexibility index (Phi) is 4.90. The highest BCUT2D eigenvalue weighted by Gasteiger charge is 2.47. The van der Waals surface area contributed by atoms with E-state index in [4.69, 9.17) is 14.2 Å². The smallest absolute Gasteiger partial charge is 0.189 e. The van der Waals surface area contributed by atoms with Crippen LogP contribution in [0.1, 0.15) is 38.2 Å². The van der Waals surface area contributed by atoms with Crippen LogP contribution >= 0.6 is 0 Å². The number of benzene rings is 1. The maximum Gasteiger partial charge on any atom is 0.189 e. The van der Waals surface area contributed by atoms with Crippen LogP contribution in [-0.4, -0.2) is 25.3 Å². The molecule has 2 aliphatic rings. The van der Waals surface area contributed by atoms with Crippen LogP contribution in [-0.2, 0) is 20.7 Å². The molecule has 2 atom stereocenters. The molecule has 1 aliphatic carbocycles. The Balaban J connectivity index is 1.77. The summed E-state index contributed by atoms with van der Waals surface area (Å²) >= 11 is 0. The number of ether oxygens (including phenoxy) is 3. The minimum Gasteiger partial charge on any atom is -0.497 e. The van der Waals surface area contributed by atoms with E-state index in [1.54, 1.807) is 18.2 Å². The van der Waals surface area contributed by atoms with Crippen molar-refractivity contribution in [2.45, 2.75) is 44.6 Å². The van der Waals surface area contributed by atoms with Crippen molar-refractivity contribution in [3.8, 4) is 5.75 Å². The Morgan fingerprint density at radius 1 is 1.42 bits per heavy atom. The Morgan fingerprint density at radius 2 is 2.25 bits per heavy atom. The van der Waals surface area contributed by atoms with E-state index in [0.717, 1.165) is 12.8 Å². The van der Waals surface area contributed by atoms with Gasteiger partial charge in [-0.25, -0.2) is 4.39 Å². The molecule has 0 spiro atoms. The number of hydrogen-bond acceptors (Lipinski definition) is 4. The fraction of sp³-hybridized carbons (Fsp3) is 0.526. The number of fused-ring (bicyclic) bond motifs is 1. The molecule has 0 bridgehead atoms.